The van der Waals surface area contributed by atoms with Gasteiger partial charge < -0.3 is 10.5 Å². The molecule has 0 aliphatic rings. The van der Waals surface area contributed by atoms with Gasteiger partial charge in [-0.25, -0.2) is 9.97 Å². The summed E-state index contributed by atoms with van der Waals surface area (Å²) in [5.41, 5.74) is 9.45. The summed E-state index contributed by atoms with van der Waals surface area (Å²) in [4.78, 5) is 21.2. The Kier molecular flexibility index (Phi) is 3.48. The number of carbonyl (C=O) groups excluding carboxylic acids is 1. The number of methoxy groups -OCH3 is 1. The molecule has 0 bridgehead atoms. The summed E-state index contributed by atoms with van der Waals surface area (Å²) >= 11 is 2.66. The van der Waals surface area contributed by atoms with E-state index in [-0.39, 0.29) is 5.91 Å². The zero-order valence-electron chi connectivity index (χ0n) is 11.3. The Hall–Kier alpha value is -2.19. The number of carbonyl (C=O) groups is 1. The van der Waals surface area contributed by atoms with Gasteiger partial charge in [-0.05, 0) is 13.0 Å². The summed E-state index contributed by atoms with van der Waals surface area (Å²) in [7, 11) is 1.56. The number of anilines is 2. The molecule has 3 rings (SSSR count). The molecule has 3 N–H and O–H groups in total. The lowest BCUT2D eigenvalue weighted by atomic mass is 10.3. The molecule has 0 spiro atoms. The minimum atomic E-state index is -0.207. The van der Waals surface area contributed by atoms with Gasteiger partial charge in [0.15, 0.2) is 5.13 Å². The van der Waals surface area contributed by atoms with Crippen LogP contribution < -0.4 is 15.8 Å². The predicted molar refractivity (Wildman–Crippen MR) is 85.4 cm³/mol. The van der Waals surface area contributed by atoms with Crippen LogP contribution in [0, 0.1) is 6.92 Å². The minimum Gasteiger partial charge on any atom is -0.494 e. The standard InChI is InChI=1S/C13H12N4O2S2/c1-6-11(20-5-15-6)12(18)17-13-16-10-8(19-2)3-7(14)4-9(10)21-13/h3-5H,14H2,1-2H3,(H,16,17,18). The zero-order valence-corrected chi connectivity index (χ0v) is 13.0. The number of hydrogen-bond acceptors (Lipinski definition) is 7. The Balaban J connectivity index is 1.95. The van der Waals surface area contributed by atoms with Crippen molar-refractivity contribution in [2.24, 2.45) is 0 Å². The number of aryl methyl sites for hydroxylation is 1. The number of amides is 1. The molecule has 0 radical (unpaired) electrons. The molecule has 21 heavy (non-hydrogen) atoms. The van der Waals surface area contributed by atoms with Gasteiger partial charge in [0.05, 0.1) is 23.0 Å². The number of thiazole rings is 2. The number of nitrogens with two attached hydrogens (primary N) is 1. The maximum absolute atomic E-state index is 12.2. The van der Waals surface area contributed by atoms with Crippen LogP contribution in [0.2, 0.25) is 0 Å². The highest BCUT2D eigenvalue weighted by Crippen LogP contribution is 2.34. The fourth-order valence-electron chi connectivity index (χ4n) is 1.90. The van der Waals surface area contributed by atoms with E-state index in [2.05, 4.69) is 15.3 Å². The van der Waals surface area contributed by atoms with E-state index in [9.17, 15) is 4.79 Å². The van der Waals surface area contributed by atoms with Gasteiger partial charge in [0.25, 0.3) is 5.91 Å². The fraction of sp³-hybridized carbons (Fsp3) is 0.154. The van der Waals surface area contributed by atoms with E-state index < -0.39 is 0 Å². The van der Waals surface area contributed by atoms with E-state index in [1.54, 1.807) is 25.6 Å². The lowest BCUT2D eigenvalue weighted by Crippen LogP contribution is -2.11. The van der Waals surface area contributed by atoms with Crippen molar-refractivity contribution in [1.82, 2.24) is 9.97 Å². The van der Waals surface area contributed by atoms with Gasteiger partial charge >= 0.3 is 0 Å². The SMILES string of the molecule is COc1cc(N)cc2sc(NC(=O)c3scnc3C)nc12. The average Bonchev–Trinajstić information content (AvgIpc) is 3.03. The number of nitrogen functional groups attached to an aromatic ring is 1. The summed E-state index contributed by atoms with van der Waals surface area (Å²) in [5.74, 6) is 0.386. The summed E-state index contributed by atoms with van der Waals surface area (Å²) in [6, 6.07) is 3.52. The summed E-state index contributed by atoms with van der Waals surface area (Å²) in [6.45, 7) is 1.80. The predicted octanol–water partition coefficient (Wildman–Crippen LogP) is 2.90. The van der Waals surface area contributed by atoms with Crippen LogP contribution in [0.25, 0.3) is 10.2 Å². The molecule has 1 aromatic carbocycles. The van der Waals surface area contributed by atoms with Crippen LogP contribution >= 0.6 is 22.7 Å². The molecule has 2 heterocycles. The normalized spacial score (nSPS) is 10.8. The second-order valence-corrected chi connectivity index (χ2v) is 6.20. The van der Waals surface area contributed by atoms with Gasteiger partial charge in [-0.3, -0.25) is 10.1 Å². The first kappa shape index (κ1) is 13.8. The van der Waals surface area contributed by atoms with E-state index in [1.807, 2.05) is 6.07 Å². The zero-order chi connectivity index (χ0) is 15.0. The largest absolute Gasteiger partial charge is 0.494 e. The molecule has 0 saturated heterocycles. The van der Waals surface area contributed by atoms with E-state index >= 15 is 0 Å². The quantitative estimate of drug-likeness (QED) is 0.724. The Bertz CT molecular complexity index is 825. The number of fused-ring (bicyclic) bond motifs is 1. The van der Waals surface area contributed by atoms with Crippen molar-refractivity contribution in [3.63, 3.8) is 0 Å². The van der Waals surface area contributed by atoms with Crippen molar-refractivity contribution in [3.05, 3.63) is 28.2 Å². The van der Waals surface area contributed by atoms with Gasteiger partial charge in [0.2, 0.25) is 0 Å². The third-order valence-electron chi connectivity index (χ3n) is 2.87. The van der Waals surface area contributed by atoms with E-state index in [0.29, 0.717) is 32.7 Å². The van der Waals surface area contributed by atoms with Crippen LogP contribution in [0.15, 0.2) is 17.6 Å². The molecular formula is C13H12N4O2S2. The van der Waals surface area contributed by atoms with Crippen molar-refractivity contribution in [2.45, 2.75) is 6.92 Å². The number of aromatic nitrogens is 2. The Morgan fingerprint density at radius 2 is 2.24 bits per heavy atom. The Labute approximate surface area is 128 Å². The van der Waals surface area contributed by atoms with Crippen LogP contribution in [0.5, 0.6) is 5.75 Å². The second kappa shape index (κ2) is 5.30. The molecule has 0 saturated carbocycles. The molecule has 0 aliphatic heterocycles. The smallest absolute Gasteiger partial charge is 0.269 e. The Morgan fingerprint density at radius 3 is 2.90 bits per heavy atom. The fourth-order valence-corrected chi connectivity index (χ4v) is 3.53. The molecule has 0 atom stereocenters. The van der Waals surface area contributed by atoms with Crippen molar-refractivity contribution >= 4 is 49.6 Å². The summed E-state index contributed by atoms with van der Waals surface area (Å²) < 4.78 is 6.13. The van der Waals surface area contributed by atoms with E-state index in [4.69, 9.17) is 10.5 Å². The Morgan fingerprint density at radius 1 is 1.43 bits per heavy atom. The second-order valence-electron chi connectivity index (χ2n) is 4.31. The molecule has 2 aromatic heterocycles. The number of ether oxygens (including phenoxy) is 1. The monoisotopic (exact) mass is 320 g/mol. The van der Waals surface area contributed by atoms with Crippen LogP contribution in [-0.4, -0.2) is 23.0 Å². The molecule has 1 amide bonds. The molecule has 0 fully saturated rings. The highest BCUT2D eigenvalue weighted by Gasteiger charge is 2.15. The third-order valence-corrected chi connectivity index (χ3v) is 4.72. The first-order valence-corrected chi connectivity index (χ1v) is 7.73. The number of nitrogens with zero attached hydrogens (tertiary/aromatic N) is 2. The maximum atomic E-state index is 12.2. The first-order valence-electron chi connectivity index (χ1n) is 6.04. The maximum Gasteiger partial charge on any atom is 0.269 e. The molecule has 0 unspecified atom stereocenters. The van der Waals surface area contributed by atoms with Gasteiger partial charge in [0, 0.05) is 11.8 Å². The minimum absolute atomic E-state index is 0.207. The lowest BCUT2D eigenvalue weighted by Gasteiger charge is -2.01. The van der Waals surface area contributed by atoms with Crippen LogP contribution in [0.3, 0.4) is 0 Å². The van der Waals surface area contributed by atoms with Gasteiger partial charge in [-0.2, -0.15) is 0 Å². The summed E-state index contributed by atoms with van der Waals surface area (Å²) in [5, 5.41) is 3.29. The van der Waals surface area contributed by atoms with Crippen molar-refractivity contribution in [2.75, 3.05) is 18.2 Å². The molecular weight excluding hydrogens is 308 g/mol. The van der Waals surface area contributed by atoms with E-state index in [1.165, 1.54) is 22.7 Å². The summed E-state index contributed by atoms with van der Waals surface area (Å²) in [6.07, 6.45) is 0. The molecule has 0 aliphatic carbocycles. The number of benzene rings is 1. The van der Waals surface area contributed by atoms with Gasteiger partial charge in [-0.1, -0.05) is 11.3 Å². The van der Waals surface area contributed by atoms with Crippen molar-refractivity contribution in [1.29, 1.82) is 0 Å². The number of nitrogens with one attached hydrogen (secondary N) is 1. The molecule has 8 heteroatoms. The van der Waals surface area contributed by atoms with Crippen molar-refractivity contribution in [3.8, 4) is 5.75 Å². The molecule has 108 valence electrons. The highest BCUT2D eigenvalue weighted by atomic mass is 32.1. The third kappa shape index (κ3) is 2.55. The van der Waals surface area contributed by atoms with E-state index in [0.717, 1.165) is 4.70 Å². The molecule has 6 nitrogen and oxygen atoms in total. The first-order chi connectivity index (χ1) is 10.1. The number of hydrogen-bond donors (Lipinski definition) is 2. The van der Waals surface area contributed by atoms with Crippen molar-refractivity contribution < 1.29 is 9.53 Å². The number of rotatable bonds is 3. The highest BCUT2D eigenvalue weighted by molar-refractivity contribution is 7.22. The van der Waals surface area contributed by atoms with Crippen LogP contribution in [0.4, 0.5) is 10.8 Å². The lowest BCUT2D eigenvalue weighted by molar-refractivity contribution is 0.103. The van der Waals surface area contributed by atoms with Crippen LogP contribution in [0.1, 0.15) is 15.4 Å². The topological polar surface area (TPSA) is 90.1 Å². The van der Waals surface area contributed by atoms with Crippen LogP contribution in [-0.2, 0) is 0 Å². The van der Waals surface area contributed by atoms with Gasteiger partial charge in [-0.15, -0.1) is 11.3 Å². The molecule has 3 aromatic rings. The average molecular weight is 320 g/mol. The van der Waals surface area contributed by atoms with Gasteiger partial charge in [0.1, 0.15) is 16.1 Å².